The van der Waals surface area contributed by atoms with Crippen LogP contribution in [0.15, 0.2) is 18.3 Å². The molecule has 2 unspecified atom stereocenters. The van der Waals surface area contributed by atoms with Crippen LogP contribution in [-0.4, -0.2) is 47.0 Å². The summed E-state index contributed by atoms with van der Waals surface area (Å²) in [5, 5.41) is 3.24. The van der Waals surface area contributed by atoms with Gasteiger partial charge in [0.1, 0.15) is 5.69 Å². The minimum Gasteiger partial charge on any atom is -0.338 e. The fraction of sp³-hybridized carbons (Fsp3) is 0.615. The molecule has 1 aromatic heterocycles. The Kier molecular flexibility index (Phi) is 4.19. The third-order valence-corrected chi connectivity index (χ3v) is 3.45. The number of alkyl halides is 2. The summed E-state index contributed by atoms with van der Waals surface area (Å²) < 4.78 is 26.3. The van der Waals surface area contributed by atoms with Crippen LogP contribution in [0.1, 0.15) is 24.3 Å². The van der Waals surface area contributed by atoms with Crippen LogP contribution in [0.4, 0.5) is 8.78 Å². The van der Waals surface area contributed by atoms with E-state index in [0.717, 1.165) is 13.1 Å². The number of nitrogens with one attached hydrogen (secondary N) is 1. The van der Waals surface area contributed by atoms with E-state index in [2.05, 4.69) is 5.32 Å². The second-order valence-corrected chi connectivity index (χ2v) is 5.01. The minimum absolute atomic E-state index is 0.0612. The van der Waals surface area contributed by atoms with Crippen molar-refractivity contribution < 1.29 is 13.6 Å². The van der Waals surface area contributed by atoms with Crippen molar-refractivity contribution >= 4 is 5.91 Å². The molecule has 0 aliphatic carbocycles. The second kappa shape index (κ2) is 5.69. The lowest BCUT2D eigenvalue weighted by atomic mass is 10.1. The lowest BCUT2D eigenvalue weighted by molar-refractivity contribution is 0.0526. The Morgan fingerprint density at radius 1 is 1.42 bits per heavy atom. The summed E-state index contributed by atoms with van der Waals surface area (Å²) in [4.78, 5) is 14.3. The number of carbonyl (C=O) groups excluding carboxylic acids is 1. The molecular weight excluding hydrogens is 252 g/mol. The van der Waals surface area contributed by atoms with Gasteiger partial charge in [0.2, 0.25) is 0 Å². The maximum absolute atomic E-state index is 12.5. The Hall–Kier alpha value is -1.43. The molecule has 0 radical (unpaired) electrons. The minimum atomic E-state index is -2.46. The van der Waals surface area contributed by atoms with Gasteiger partial charge in [0.05, 0.1) is 6.54 Å². The molecule has 1 fully saturated rings. The van der Waals surface area contributed by atoms with Gasteiger partial charge in [0.25, 0.3) is 12.3 Å². The fourth-order valence-corrected chi connectivity index (χ4v) is 2.58. The van der Waals surface area contributed by atoms with E-state index >= 15 is 0 Å². The number of amides is 1. The summed E-state index contributed by atoms with van der Waals surface area (Å²) in [6.07, 6.45) is -0.937. The molecule has 0 bridgehead atoms. The molecule has 1 N–H and O–H groups in total. The molecule has 1 aromatic rings. The van der Waals surface area contributed by atoms with E-state index in [9.17, 15) is 13.6 Å². The summed E-state index contributed by atoms with van der Waals surface area (Å²) in [7, 11) is 0. The van der Waals surface area contributed by atoms with Crippen LogP contribution in [0.5, 0.6) is 0 Å². The van der Waals surface area contributed by atoms with Gasteiger partial charge in [-0.05, 0) is 26.0 Å². The Bertz CT molecular complexity index is 437. The molecule has 2 rings (SSSR count). The molecule has 6 heteroatoms. The lowest BCUT2D eigenvalue weighted by Gasteiger charge is -2.39. The molecule has 19 heavy (non-hydrogen) atoms. The molecule has 0 saturated carbocycles. The predicted octanol–water partition coefficient (Wildman–Crippen LogP) is 1.58. The Balaban J connectivity index is 2.21. The predicted molar refractivity (Wildman–Crippen MR) is 68.4 cm³/mol. The molecule has 1 amide bonds. The highest BCUT2D eigenvalue weighted by molar-refractivity contribution is 5.93. The number of carbonyl (C=O) groups is 1. The number of piperazine rings is 1. The lowest BCUT2D eigenvalue weighted by Crippen LogP contribution is -2.57. The van der Waals surface area contributed by atoms with Crippen molar-refractivity contribution in [3.8, 4) is 0 Å². The molecular formula is C13H19F2N3O. The van der Waals surface area contributed by atoms with E-state index in [1.54, 1.807) is 17.0 Å². The van der Waals surface area contributed by atoms with Gasteiger partial charge in [-0.25, -0.2) is 8.78 Å². The Morgan fingerprint density at radius 2 is 2.05 bits per heavy atom. The van der Waals surface area contributed by atoms with E-state index in [-0.39, 0.29) is 18.0 Å². The second-order valence-electron chi connectivity index (χ2n) is 5.01. The molecule has 0 spiro atoms. The largest absolute Gasteiger partial charge is 0.338 e. The van der Waals surface area contributed by atoms with Crippen LogP contribution in [-0.2, 0) is 6.54 Å². The van der Waals surface area contributed by atoms with Gasteiger partial charge in [0, 0.05) is 31.4 Å². The summed E-state index contributed by atoms with van der Waals surface area (Å²) in [6, 6.07) is 3.36. The van der Waals surface area contributed by atoms with Gasteiger partial charge in [0.15, 0.2) is 0 Å². The Labute approximate surface area is 111 Å². The molecule has 1 saturated heterocycles. The maximum atomic E-state index is 12.5. The number of hydrogen-bond acceptors (Lipinski definition) is 2. The summed E-state index contributed by atoms with van der Waals surface area (Å²) in [5.74, 6) is -0.174. The first-order chi connectivity index (χ1) is 9.00. The zero-order valence-electron chi connectivity index (χ0n) is 11.1. The maximum Gasteiger partial charge on any atom is 0.271 e. The smallest absolute Gasteiger partial charge is 0.271 e. The monoisotopic (exact) mass is 271 g/mol. The normalized spacial score (nSPS) is 23.9. The van der Waals surface area contributed by atoms with Gasteiger partial charge in [-0.2, -0.15) is 0 Å². The van der Waals surface area contributed by atoms with Gasteiger partial charge >= 0.3 is 0 Å². The molecule has 106 valence electrons. The van der Waals surface area contributed by atoms with Crippen molar-refractivity contribution in [2.45, 2.75) is 38.9 Å². The van der Waals surface area contributed by atoms with Crippen molar-refractivity contribution in [3.63, 3.8) is 0 Å². The highest BCUT2D eigenvalue weighted by Gasteiger charge is 2.30. The van der Waals surface area contributed by atoms with Crippen LogP contribution in [0.3, 0.4) is 0 Å². The molecule has 2 atom stereocenters. The zero-order valence-corrected chi connectivity index (χ0v) is 11.1. The van der Waals surface area contributed by atoms with Crippen LogP contribution in [0.2, 0.25) is 0 Å². The average molecular weight is 271 g/mol. The van der Waals surface area contributed by atoms with Crippen molar-refractivity contribution in [1.82, 2.24) is 14.8 Å². The van der Waals surface area contributed by atoms with Gasteiger partial charge in [-0.15, -0.1) is 0 Å². The SMILES string of the molecule is CC1CNCC(C)N1C(=O)c1cccn1CC(F)F. The average Bonchev–Trinajstić information content (AvgIpc) is 2.75. The van der Waals surface area contributed by atoms with Crippen molar-refractivity contribution in [2.75, 3.05) is 13.1 Å². The van der Waals surface area contributed by atoms with Gasteiger partial charge in [-0.3, -0.25) is 4.79 Å². The first kappa shape index (κ1) is 14.0. The molecule has 2 heterocycles. The summed E-state index contributed by atoms with van der Waals surface area (Å²) >= 11 is 0. The van der Waals surface area contributed by atoms with Crippen LogP contribution < -0.4 is 5.32 Å². The molecule has 1 aliphatic rings. The topological polar surface area (TPSA) is 37.3 Å². The van der Waals surface area contributed by atoms with Crippen molar-refractivity contribution in [3.05, 3.63) is 24.0 Å². The van der Waals surface area contributed by atoms with Gasteiger partial charge < -0.3 is 14.8 Å². The quantitative estimate of drug-likeness (QED) is 0.906. The number of hydrogen-bond donors (Lipinski definition) is 1. The molecule has 1 aliphatic heterocycles. The highest BCUT2D eigenvalue weighted by Crippen LogP contribution is 2.16. The zero-order chi connectivity index (χ0) is 14.0. The first-order valence-corrected chi connectivity index (χ1v) is 6.47. The number of halogens is 2. The van der Waals surface area contributed by atoms with E-state index in [1.165, 1.54) is 10.8 Å². The van der Waals surface area contributed by atoms with Crippen molar-refractivity contribution in [2.24, 2.45) is 0 Å². The summed E-state index contributed by atoms with van der Waals surface area (Å²) in [5.41, 5.74) is 0.334. The summed E-state index contributed by atoms with van der Waals surface area (Å²) in [6.45, 7) is 4.93. The van der Waals surface area contributed by atoms with Crippen LogP contribution >= 0.6 is 0 Å². The number of rotatable bonds is 3. The molecule has 0 aromatic carbocycles. The standard InChI is InChI=1S/C13H19F2N3O/c1-9-6-16-7-10(2)18(9)13(19)11-4-3-5-17(11)8-12(14)15/h3-5,9-10,12,16H,6-8H2,1-2H3. The Morgan fingerprint density at radius 3 is 2.63 bits per heavy atom. The number of aromatic nitrogens is 1. The van der Waals surface area contributed by atoms with E-state index in [1.807, 2.05) is 13.8 Å². The third-order valence-electron chi connectivity index (χ3n) is 3.45. The third kappa shape index (κ3) is 2.94. The molecule has 4 nitrogen and oxygen atoms in total. The van der Waals surface area contributed by atoms with E-state index in [4.69, 9.17) is 0 Å². The highest BCUT2D eigenvalue weighted by atomic mass is 19.3. The van der Waals surface area contributed by atoms with E-state index < -0.39 is 13.0 Å². The van der Waals surface area contributed by atoms with Crippen LogP contribution in [0.25, 0.3) is 0 Å². The van der Waals surface area contributed by atoms with Crippen molar-refractivity contribution in [1.29, 1.82) is 0 Å². The fourth-order valence-electron chi connectivity index (χ4n) is 2.58. The van der Waals surface area contributed by atoms with Crippen LogP contribution in [0, 0.1) is 0 Å². The number of nitrogens with zero attached hydrogens (tertiary/aromatic N) is 2. The first-order valence-electron chi connectivity index (χ1n) is 6.47. The van der Waals surface area contributed by atoms with Gasteiger partial charge in [-0.1, -0.05) is 0 Å². The van der Waals surface area contributed by atoms with E-state index in [0.29, 0.717) is 5.69 Å².